The number of amides is 1. The van der Waals surface area contributed by atoms with Crippen LogP contribution in [0.5, 0.6) is 17.2 Å². The van der Waals surface area contributed by atoms with E-state index in [9.17, 15) is 14.7 Å². The zero-order valence-electron chi connectivity index (χ0n) is 23.8. The number of ether oxygens (including phenoxy) is 3. The molecule has 2 aliphatic rings. The summed E-state index contributed by atoms with van der Waals surface area (Å²) >= 11 is 0. The predicted molar refractivity (Wildman–Crippen MR) is 151 cm³/mol. The van der Waals surface area contributed by atoms with Crippen molar-refractivity contribution in [3.05, 3.63) is 88.8 Å². The van der Waals surface area contributed by atoms with Gasteiger partial charge in [0.2, 0.25) is 5.78 Å². The van der Waals surface area contributed by atoms with Crippen molar-refractivity contribution in [2.45, 2.75) is 65.1 Å². The Labute approximate surface area is 240 Å². The Morgan fingerprint density at radius 3 is 2.68 bits per heavy atom. The first-order chi connectivity index (χ1) is 19.9. The number of nitrogens with zero attached hydrogens (tertiary/aromatic N) is 1. The van der Waals surface area contributed by atoms with Crippen LogP contribution in [0.2, 0.25) is 0 Å². The van der Waals surface area contributed by atoms with E-state index in [0.29, 0.717) is 42.3 Å². The highest BCUT2D eigenvalue weighted by Crippen LogP contribution is 2.43. The van der Waals surface area contributed by atoms with E-state index < -0.39 is 23.5 Å². The molecule has 1 saturated heterocycles. The lowest BCUT2D eigenvalue weighted by atomic mass is 9.94. The molecule has 2 atom stereocenters. The molecule has 0 bridgehead atoms. The Morgan fingerprint density at radius 1 is 1.07 bits per heavy atom. The molecule has 5 rings (SSSR count). The van der Waals surface area contributed by atoms with Crippen molar-refractivity contribution in [2.75, 3.05) is 13.2 Å². The number of pyridine rings is 1. The molecule has 8 heteroatoms. The molecule has 0 saturated carbocycles. The number of aromatic amines is 1. The minimum atomic E-state index is -0.889. The maximum atomic E-state index is 14.0. The van der Waals surface area contributed by atoms with Crippen LogP contribution in [0, 0.1) is 0 Å². The fourth-order valence-corrected chi connectivity index (χ4v) is 5.44. The van der Waals surface area contributed by atoms with E-state index in [2.05, 4.69) is 11.9 Å². The maximum absolute atomic E-state index is 14.0. The van der Waals surface area contributed by atoms with Gasteiger partial charge in [-0.1, -0.05) is 37.7 Å². The van der Waals surface area contributed by atoms with Gasteiger partial charge in [0.1, 0.15) is 11.9 Å². The summed E-state index contributed by atoms with van der Waals surface area (Å²) < 4.78 is 17.7. The van der Waals surface area contributed by atoms with Crippen molar-refractivity contribution in [3.63, 3.8) is 0 Å². The van der Waals surface area contributed by atoms with Crippen LogP contribution in [0.25, 0.3) is 5.76 Å². The van der Waals surface area contributed by atoms with Crippen LogP contribution in [0.3, 0.4) is 0 Å². The van der Waals surface area contributed by atoms with Crippen LogP contribution in [0.4, 0.5) is 0 Å². The summed E-state index contributed by atoms with van der Waals surface area (Å²) in [5.41, 5.74) is 2.61. The molecule has 0 radical (unpaired) electrons. The second kappa shape index (κ2) is 12.5. The quantitative estimate of drug-likeness (QED) is 0.152. The van der Waals surface area contributed by atoms with E-state index in [1.165, 1.54) is 4.90 Å². The minimum Gasteiger partial charge on any atom is -0.872 e. The highest BCUT2D eigenvalue weighted by atomic mass is 16.5. The molecular weight excluding hydrogens is 520 g/mol. The van der Waals surface area contributed by atoms with E-state index in [0.717, 1.165) is 36.1 Å². The summed E-state index contributed by atoms with van der Waals surface area (Å²) in [6, 6.07) is 13.4. The monoisotopic (exact) mass is 556 g/mol. The molecule has 3 aromatic rings. The van der Waals surface area contributed by atoms with Gasteiger partial charge < -0.3 is 24.2 Å². The van der Waals surface area contributed by atoms with Gasteiger partial charge in [-0.05, 0) is 67.3 Å². The summed E-state index contributed by atoms with van der Waals surface area (Å²) in [6.45, 7) is 7.10. The molecule has 0 spiro atoms. The number of carbonyl (C=O) groups excluding carboxylic acids is 2. The van der Waals surface area contributed by atoms with Crippen LogP contribution >= 0.6 is 0 Å². The summed E-state index contributed by atoms with van der Waals surface area (Å²) in [5, 5.41) is 14.0. The number of carbonyl (C=O) groups is 2. The highest BCUT2D eigenvalue weighted by molar-refractivity contribution is 6.46. The van der Waals surface area contributed by atoms with Crippen molar-refractivity contribution in [3.8, 4) is 17.2 Å². The van der Waals surface area contributed by atoms with Gasteiger partial charge in [0.15, 0.2) is 23.9 Å². The number of rotatable bonds is 11. The van der Waals surface area contributed by atoms with E-state index in [4.69, 9.17) is 14.2 Å². The molecule has 1 fully saturated rings. The highest BCUT2D eigenvalue weighted by Gasteiger charge is 2.44. The fraction of sp³-hybridized carbons (Fsp3) is 0.364. The number of hydrogen-bond acceptors (Lipinski definition) is 6. The average Bonchev–Trinajstić information content (AvgIpc) is 3.47. The van der Waals surface area contributed by atoms with Gasteiger partial charge in [0, 0.05) is 23.6 Å². The van der Waals surface area contributed by atoms with Crippen LogP contribution in [0.15, 0.2) is 66.5 Å². The number of nitrogens with one attached hydrogen (secondary N) is 1. The van der Waals surface area contributed by atoms with Crippen LogP contribution in [0.1, 0.15) is 68.3 Å². The predicted octanol–water partition coefficient (Wildman–Crippen LogP) is 4.22. The lowest BCUT2D eigenvalue weighted by molar-refractivity contribution is -0.378. The van der Waals surface area contributed by atoms with Gasteiger partial charge in [-0.15, -0.1) is 0 Å². The number of unbranched alkanes of at least 4 members (excludes halogenated alkanes) is 2. The number of H-pyrrole nitrogens is 1. The normalized spacial score (nSPS) is 19.2. The number of benzene rings is 2. The van der Waals surface area contributed by atoms with Crippen LogP contribution in [-0.2, 0) is 22.6 Å². The smallest absolute Gasteiger partial charge is 0.295 e. The SMILES string of the molecule is CCCCCOc1ccc(C2C(=C([O-])c3ccc4c(c3)CC(C)O4)C(=O)C(=O)N2Cc2ccc[nH+]c2)cc1OCC. The molecule has 2 aliphatic heterocycles. The Bertz CT molecular complexity index is 1450. The third-order valence-electron chi connectivity index (χ3n) is 7.40. The van der Waals surface area contributed by atoms with Crippen molar-refractivity contribution < 1.29 is 33.9 Å². The van der Waals surface area contributed by atoms with Gasteiger partial charge in [0.25, 0.3) is 5.91 Å². The van der Waals surface area contributed by atoms with Gasteiger partial charge in [-0.2, -0.15) is 0 Å². The van der Waals surface area contributed by atoms with E-state index in [1.807, 2.05) is 32.0 Å². The fourth-order valence-electron chi connectivity index (χ4n) is 5.44. The van der Waals surface area contributed by atoms with Crippen molar-refractivity contribution in [2.24, 2.45) is 0 Å². The molecular formula is C33H36N2O6. The zero-order chi connectivity index (χ0) is 28.9. The first kappa shape index (κ1) is 28.2. The van der Waals surface area contributed by atoms with Gasteiger partial charge >= 0.3 is 0 Å². The Hall–Kier alpha value is -4.33. The Kier molecular flexibility index (Phi) is 8.57. The van der Waals surface area contributed by atoms with E-state index >= 15 is 0 Å². The average molecular weight is 557 g/mol. The molecule has 1 amide bonds. The largest absolute Gasteiger partial charge is 0.872 e. The molecule has 3 heterocycles. The molecule has 1 aromatic heterocycles. The van der Waals surface area contributed by atoms with Crippen LogP contribution < -0.4 is 24.3 Å². The van der Waals surface area contributed by atoms with Gasteiger partial charge in [0.05, 0.1) is 25.8 Å². The first-order valence-corrected chi connectivity index (χ1v) is 14.3. The standard InChI is InChI=1S/C33H36N2O6/c1-4-6-7-15-40-27-13-10-23(18-28(27)39-5-2)30-29(31(36)24-11-12-26-25(17-24)16-21(3)41-26)32(37)33(38)35(30)20-22-9-8-14-34-19-22/h8-14,17-19,21,30,36H,4-7,15-16,20H2,1-3H3. The first-order valence-electron chi connectivity index (χ1n) is 14.3. The molecule has 8 nitrogen and oxygen atoms in total. The molecule has 1 N–H and O–H groups in total. The second-order valence-corrected chi connectivity index (χ2v) is 10.5. The van der Waals surface area contributed by atoms with Crippen molar-refractivity contribution in [1.29, 1.82) is 0 Å². The number of fused-ring (bicyclic) bond motifs is 1. The maximum Gasteiger partial charge on any atom is 0.295 e. The zero-order valence-corrected chi connectivity index (χ0v) is 23.8. The minimum absolute atomic E-state index is 0.0169. The van der Waals surface area contributed by atoms with Crippen molar-refractivity contribution >= 4 is 17.4 Å². The Morgan fingerprint density at radius 2 is 1.93 bits per heavy atom. The third kappa shape index (κ3) is 5.92. The molecule has 41 heavy (non-hydrogen) atoms. The topological polar surface area (TPSA) is 102 Å². The summed E-state index contributed by atoms with van der Waals surface area (Å²) in [4.78, 5) is 31.5. The number of aromatic nitrogens is 1. The molecule has 2 unspecified atom stereocenters. The summed E-state index contributed by atoms with van der Waals surface area (Å²) in [7, 11) is 0. The number of Topliss-reactive ketones (excluding diaryl/α,β-unsaturated/α-hetero) is 1. The summed E-state index contributed by atoms with van der Waals surface area (Å²) in [6.07, 6.45) is 7.31. The lowest BCUT2D eigenvalue weighted by Crippen LogP contribution is -2.29. The second-order valence-electron chi connectivity index (χ2n) is 10.5. The van der Waals surface area contributed by atoms with Crippen LogP contribution in [-0.4, -0.2) is 35.9 Å². The van der Waals surface area contributed by atoms with Gasteiger partial charge in [-0.25, -0.2) is 4.98 Å². The van der Waals surface area contributed by atoms with E-state index in [1.54, 1.807) is 42.7 Å². The molecule has 2 aromatic carbocycles. The van der Waals surface area contributed by atoms with Gasteiger partial charge in [-0.3, -0.25) is 9.59 Å². The van der Waals surface area contributed by atoms with E-state index in [-0.39, 0.29) is 18.2 Å². The number of likely N-dealkylation sites (tertiary alicyclic amines) is 1. The number of ketones is 1. The van der Waals surface area contributed by atoms with Crippen molar-refractivity contribution in [1.82, 2.24) is 4.90 Å². The Balaban J connectivity index is 1.59. The third-order valence-corrected chi connectivity index (χ3v) is 7.40. The molecule has 0 aliphatic carbocycles. The number of hydrogen-bond donors (Lipinski definition) is 0. The summed E-state index contributed by atoms with van der Waals surface area (Å²) in [5.74, 6) is -0.122. The molecule has 214 valence electrons. The lowest BCUT2D eigenvalue weighted by Gasteiger charge is -2.28.